The second-order valence-electron chi connectivity index (χ2n) is 4.84. The van der Waals surface area contributed by atoms with E-state index < -0.39 is 0 Å². The second-order valence-corrected chi connectivity index (χ2v) is 6.55. The number of ether oxygens (including phenoxy) is 1. The molecule has 2 aromatic rings. The number of nitrogens with zero attached hydrogens (tertiary/aromatic N) is 2. The highest BCUT2D eigenvalue weighted by Gasteiger charge is 2.22. The standard InChI is InChI=1S/C15H19Br2N3O/c1-10-4-5-11(12(16)8-10)14(18-2)15-13(17)9-19-20(15)6-7-21-3/h4-5,8-9,14,18H,6-7H2,1-3H3. The lowest BCUT2D eigenvalue weighted by atomic mass is 10.0. The molecule has 1 aromatic carbocycles. The maximum Gasteiger partial charge on any atom is 0.0768 e. The molecule has 1 atom stereocenters. The van der Waals surface area contributed by atoms with Crippen LogP contribution in [0, 0.1) is 6.92 Å². The van der Waals surface area contributed by atoms with Crippen molar-refractivity contribution in [1.29, 1.82) is 0 Å². The van der Waals surface area contributed by atoms with Crippen LogP contribution in [-0.2, 0) is 11.3 Å². The predicted molar refractivity (Wildman–Crippen MR) is 91.6 cm³/mol. The van der Waals surface area contributed by atoms with Gasteiger partial charge in [0.25, 0.3) is 0 Å². The van der Waals surface area contributed by atoms with Crippen molar-refractivity contribution in [2.24, 2.45) is 0 Å². The monoisotopic (exact) mass is 415 g/mol. The van der Waals surface area contributed by atoms with Crippen LogP contribution in [-0.4, -0.2) is 30.5 Å². The zero-order chi connectivity index (χ0) is 15.4. The lowest BCUT2D eigenvalue weighted by molar-refractivity contribution is 0.182. The third kappa shape index (κ3) is 3.74. The molecule has 0 aliphatic heterocycles. The smallest absolute Gasteiger partial charge is 0.0768 e. The first-order chi connectivity index (χ1) is 10.1. The molecule has 0 fully saturated rings. The molecule has 2 rings (SSSR count). The summed E-state index contributed by atoms with van der Waals surface area (Å²) in [6.07, 6.45) is 1.83. The average molecular weight is 417 g/mol. The first-order valence-electron chi connectivity index (χ1n) is 6.72. The van der Waals surface area contributed by atoms with Gasteiger partial charge in [-0.3, -0.25) is 4.68 Å². The second kappa shape index (κ2) is 7.54. The molecule has 0 radical (unpaired) electrons. The highest BCUT2D eigenvalue weighted by Crippen LogP contribution is 2.33. The van der Waals surface area contributed by atoms with Gasteiger partial charge in [-0.2, -0.15) is 5.10 Å². The van der Waals surface area contributed by atoms with Crippen molar-refractivity contribution in [2.45, 2.75) is 19.5 Å². The number of aromatic nitrogens is 2. The van der Waals surface area contributed by atoms with E-state index in [1.807, 2.05) is 17.9 Å². The van der Waals surface area contributed by atoms with Crippen molar-refractivity contribution in [3.63, 3.8) is 0 Å². The normalized spacial score (nSPS) is 12.6. The third-order valence-electron chi connectivity index (χ3n) is 3.37. The Morgan fingerprint density at radius 2 is 2.10 bits per heavy atom. The van der Waals surface area contributed by atoms with Gasteiger partial charge in [0.2, 0.25) is 0 Å². The molecule has 0 spiro atoms. The lowest BCUT2D eigenvalue weighted by Crippen LogP contribution is -2.23. The van der Waals surface area contributed by atoms with E-state index in [-0.39, 0.29) is 6.04 Å². The summed E-state index contributed by atoms with van der Waals surface area (Å²) in [5.41, 5.74) is 3.51. The van der Waals surface area contributed by atoms with Crippen LogP contribution < -0.4 is 5.32 Å². The molecule has 1 heterocycles. The highest BCUT2D eigenvalue weighted by atomic mass is 79.9. The number of aryl methyl sites for hydroxylation is 1. The zero-order valence-corrected chi connectivity index (χ0v) is 15.5. The van der Waals surface area contributed by atoms with Crippen LogP contribution in [0.5, 0.6) is 0 Å². The molecular formula is C15H19Br2N3O. The number of nitrogens with one attached hydrogen (secondary N) is 1. The van der Waals surface area contributed by atoms with Crippen molar-refractivity contribution in [2.75, 3.05) is 20.8 Å². The first-order valence-corrected chi connectivity index (χ1v) is 8.30. The van der Waals surface area contributed by atoms with E-state index in [2.05, 4.69) is 67.4 Å². The molecule has 6 heteroatoms. The number of hydrogen-bond donors (Lipinski definition) is 1. The molecule has 1 aromatic heterocycles. The fraction of sp³-hybridized carbons (Fsp3) is 0.400. The van der Waals surface area contributed by atoms with Gasteiger partial charge in [0.05, 0.1) is 35.6 Å². The van der Waals surface area contributed by atoms with Gasteiger partial charge in [-0.1, -0.05) is 28.1 Å². The molecule has 0 saturated carbocycles. The molecule has 0 aliphatic rings. The zero-order valence-electron chi connectivity index (χ0n) is 12.4. The maximum absolute atomic E-state index is 5.16. The molecule has 21 heavy (non-hydrogen) atoms. The minimum Gasteiger partial charge on any atom is -0.383 e. The molecule has 0 bridgehead atoms. The minimum absolute atomic E-state index is 0.0497. The van der Waals surface area contributed by atoms with Gasteiger partial charge in [-0.05, 0) is 47.1 Å². The van der Waals surface area contributed by atoms with Gasteiger partial charge in [-0.15, -0.1) is 0 Å². The molecule has 0 saturated heterocycles. The van der Waals surface area contributed by atoms with Crippen molar-refractivity contribution in [3.05, 3.63) is 50.2 Å². The van der Waals surface area contributed by atoms with E-state index in [0.29, 0.717) is 6.61 Å². The Labute approximate surface area is 142 Å². The van der Waals surface area contributed by atoms with Crippen LogP contribution in [0.25, 0.3) is 0 Å². The van der Waals surface area contributed by atoms with Crippen molar-refractivity contribution in [3.8, 4) is 0 Å². The Balaban J connectivity index is 2.43. The Hall–Kier alpha value is -0.690. The molecular weight excluding hydrogens is 398 g/mol. The van der Waals surface area contributed by atoms with E-state index in [1.165, 1.54) is 11.1 Å². The molecule has 1 N–H and O–H groups in total. The summed E-state index contributed by atoms with van der Waals surface area (Å²) in [7, 11) is 3.65. The molecule has 1 unspecified atom stereocenters. The number of benzene rings is 1. The number of methoxy groups -OCH3 is 1. The fourth-order valence-electron chi connectivity index (χ4n) is 2.32. The van der Waals surface area contributed by atoms with Crippen molar-refractivity contribution >= 4 is 31.9 Å². The maximum atomic E-state index is 5.16. The first kappa shape index (κ1) is 16.7. The summed E-state index contributed by atoms with van der Waals surface area (Å²) in [4.78, 5) is 0. The van der Waals surface area contributed by atoms with E-state index in [0.717, 1.165) is 21.2 Å². The Kier molecular flexibility index (Phi) is 5.98. The number of hydrogen-bond acceptors (Lipinski definition) is 3. The summed E-state index contributed by atoms with van der Waals surface area (Å²) in [5, 5.41) is 7.81. The summed E-state index contributed by atoms with van der Waals surface area (Å²) in [5.74, 6) is 0. The van der Waals surface area contributed by atoms with Gasteiger partial charge in [0.1, 0.15) is 0 Å². The van der Waals surface area contributed by atoms with Crippen LogP contribution in [0.15, 0.2) is 33.3 Å². The third-order valence-corrected chi connectivity index (χ3v) is 4.67. The topological polar surface area (TPSA) is 39.1 Å². The Morgan fingerprint density at radius 3 is 2.71 bits per heavy atom. The molecule has 4 nitrogen and oxygen atoms in total. The van der Waals surface area contributed by atoms with Crippen LogP contribution in [0.1, 0.15) is 22.9 Å². The molecule has 0 aliphatic carbocycles. The summed E-state index contributed by atoms with van der Waals surface area (Å²) >= 11 is 7.27. The van der Waals surface area contributed by atoms with Crippen LogP contribution in [0.4, 0.5) is 0 Å². The quantitative estimate of drug-likeness (QED) is 0.780. The molecule has 114 valence electrons. The van der Waals surface area contributed by atoms with E-state index in [4.69, 9.17) is 4.74 Å². The van der Waals surface area contributed by atoms with Crippen LogP contribution >= 0.6 is 31.9 Å². The van der Waals surface area contributed by atoms with Crippen molar-refractivity contribution in [1.82, 2.24) is 15.1 Å². The summed E-state index contributed by atoms with van der Waals surface area (Å²) < 4.78 is 9.22. The minimum atomic E-state index is 0.0497. The predicted octanol–water partition coefficient (Wildman–Crippen LogP) is 3.67. The van der Waals surface area contributed by atoms with Gasteiger partial charge >= 0.3 is 0 Å². The van der Waals surface area contributed by atoms with Crippen molar-refractivity contribution < 1.29 is 4.74 Å². The van der Waals surface area contributed by atoms with E-state index >= 15 is 0 Å². The SMILES string of the molecule is CNC(c1ccc(C)cc1Br)c1c(Br)cnn1CCOC. The van der Waals surface area contributed by atoms with Crippen LogP contribution in [0.2, 0.25) is 0 Å². The highest BCUT2D eigenvalue weighted by molar-refractivity contribution is 9.10. The Bertz CT molecular complexity index is 613. The lowest BCUT2D eigenvalue weighted by Gasteiger charge is -2.21. The van der Waals surface area contributed by atoms with Gasteiger partial charge < -0.3 is 10.1 Å². The fourth-order valence-corrected chi connectivity index (χ4v) is 3.57. The van der Waals surface area contributed by atoms with Crippen LogP contribution in [0.3, 0.4) is 0 Å². The van der Waals surface area contributed by atoms with E-state index in [1.54, 1.807) is 7.11 Å². The summed E-state index contributed by atoms with van der Waals surface area (Å²) in [6.45, 7) is 3.44. The largest absolute Gasteiger partial charge is 0.383 e. The number of halogens is 2. The van der Waals surface area contributed by atoms with Gasteiger partial charge in [0.15, 0.2) is 0 Å². The number of rotatable bonds is 6. The van der Waals surface area contributed by atoms with Gasteiger partial charge in [-0.25, -0.2) is 0 Å². The Morgan fingerprint density at radius 1 is 1.33 bits per heavy atom. The summed E-state index contributed by atoms with van der Waals surface area (Å²) in [6, 6.07) is 6.44. The molecule has 0 amide bonds. The van der Waals surface area contributed by atoms with E-state index in [9.17, 15) is 0 Å². The van der Waals surface area contributed by atoms with Gasteiger partial charge in [0, 0.05) is 11.6 Å². The average Bonchev–Trinajstić information content (AvgIpc) is 2.81.